The Hall–Kier alpha value is -1.81. The van der Waals surface area contributed by atoms with Crippen molar-refractivity contribution < 1.29 is 9.53 Å². The van der Waals surface area contributed by atoms with Crippen LogP contribution in [0.5, 0.6) is 5.75 Å². The summed E-state index contributed by atoms with van der Waals surface area (Å²) >= 11 is 1.58. The maximum absolute atomic E-state index is 12.8. The second-order valence-corrected chi connectivity index (χ2v) is 6.79. The van der Waals surface area contributed by atoms with Crippen molar-refractivity contribution in [1.29, 1.82) is 0 Å². The molecule has 0 aliphatic heterocycles. The summed E-state index contributed by atoms with van der Waals surface area (Å²) in [6.07, 6.45) is 3.12. The Morgan fingerprint density at radius 1 is 1.43 bits per heavy atom. The van der Waals surface area contributed by atoms with Crippen LogP contribution in [0.2, 0.25) is 0 Å². The van der Waals surface area contributed by atoms with Crippen LogP contribution < -0.4 is 10.5 Å². The second kappa shape index (κ2) is 5.53. The van der Waals surface area contributed by atoms with E-state index in [4.69, 9.17) is 10.5 Å². The van der Waals surface area contributed by atoms with Gasteiger partial charge in [-0.15, -0.1) is 11.3 Å². The van der Waals surface area contributed by atoms with Gasteiger partial charge in [0, 0.05) is 10.4 Å². The van der Waals surface area contributed by atoms with Gasteiger partial charge in [0.1, 0.15) is 5.75 Å². The number of methoxy groups -OCH3 is 1. The molecule has 110 valence electrons. The highest BCUT2D eigenvalue weighted by Gasteiger charge is 2.27. The predicted molar refractivity (Wildman–Crippen MR) is 86.3 cm³/mol. The summed E-state index contributed by atoms with van der Waals surface area (Å²) in [5.74, 6) is 1.38. The molecule has 1 aliphatic carbocycles. The highest BCUT2D eigenvalue weighted by Crippen LogP contribution is 2.39. The number of nitrogen functional groups attached to an aromatic ring is 1. The molecular weight excluding hydrogens is 282 g/mol. The Kier molecular flexibility index (Phi) is 3.72. The molecule has 1 aromatic carbocycles. The van der Waals surface area contributed by atoms with Crippen LogP contribution in [-0.2, 0) is 12.8 Å². The molecule has 1 aromatic heterocycles. The van der Waals surface area contributed by atoms with E-state index in [0.29, 0.717) is 22.2 Å². The van der Waals surface area contributed by atoms with Crippen molar-refractivity contribution in [3.05, 3.63) is 45.8 Å². The quantitative estimate of drug-likeness (QED) is 0.880. The lowest BCUT2D eigenvalue weighted by molar-refractivity contribution is 0.103. The molecule has 0 bridgehead atoms. The molecule has 0 spiro atoms. The molecule has 1 atom stereocenters. The van der Waals surface area contributed by atoms with E-state index >= 15 is 0 Å². The molecule has 2 N–H and O–H groups in total. The third-order valence-corrected chi connectivity index (χ3v) is 5.18. The van der Waals surface area contributed by atoms with E-state index in [0.717, 1.165) is 24.8 Å². The molecular formula is C17H19NO2S. The number of fused-ring (bicyclic) bond motifs is 1. The van der Waals surface area contributed by atoms with Crippen molar-refractivity contribution in [2.24, 2.45) is 5.92 Å². The monoisotopic (exact) mass is 301 g/mol. The first kappa shape index (κ1) is 14.1. The van der Waals surface area contributed by atoms with Crippen LogP contribution >= 0.6 is 11.3 Å². The zero-order valence-electron chi connectivity index (χ0n) is 12.3. The fourth-order valence-electron chi connectivity index (χ4n) is 2.93. The largest absolute Gasteiger partial charge is 0.497 e. The fraction of sp³-hybridized carbons (Fsp3) is 0.353. The molecule has 0 saturated heterocycles. The van der Waals surface area contributed by atoms with Crippen molar-refractivity contribution in [1.82, 2.24) is 0 Å². The number of hydrogen-bond donors (Lipinski definition) is 1. The summed E-state index contributed by atoms with van der Waals surface area (Å²) in [6, 6.07) is 7.27. The van der Waals surface area contributed by atoms with Gasteiger partial charge < -0.3 is 10.5 Å². The zero-order valence-corrected chi connectivity index (χ0v) is 13.1. The van der Waals surface area contributed by atoms with E-state index in [1.165, 1.54) is 10.4 Å². The summed E-state index contributed by atoms with van der Waals surface area (Å²) in [7, 11) is 1.60. The van der Waals surface area contributed by atoms with Gasteiger partial charge >= 0.3 is 0 Å². The Balaban J connectivity index is 2.02. The molecule has 2 aromatic rings. The summed E-state index contributed by atoms with van der Waals surface area (Å²) in [5.41, 5.74) is 8.67. The van der Waals surface area contributed by atoms with Crippen molar-refractivity contribution in [2.75, 3.05) is 12.8 Å². The Bertz CT molecular complexity index is 690. The van der Waals surface area contributed by atoms with Gasteiger partial charge in [0.05, 0.1) is 17.7 Å². The smallest absolute Gasteiger partial charge is 0.196 e. The third kappa shape index (κ3) is 2.56. The molecule has 21 heavy (non-hydrogen) atoms. The van der Waals surface area contributed by atoms with E-state index in [1.54, 1.807) is 24.5 Å². The number of ketones is 1. The average Bonchev–Trinajstić information content (AvgIpc) is 2.81. The van der Waals surface area contributed by atoms with Crippen molar-refractivity contribution in [3.8, 4) is 5.75 Å². The number of ether oxygens (including phenoxy) is 1. The average molecular weight is 301 g/mol. The van der Waals surface area contributed by atoms with E-state index in [2.05, 4.69) is 6.92 Å². The topological polar surface area (TPSA) is 52.3 Å². The van der Waals surface area contributed by atoms with Crippen LogP contribution in [0.4, 0.5) is 5.00 Å². The normalized spacial score (nSPS) is 17.3. The summed E-state index contributed by atoms with van der Waals surface area (Å²) in [5, 5.41) is 0.655. The van der Waals surface area contributed by atoms with Gasteiger partial charge in [0.15, 0.2) is 5.78 Å². The van der Waals surface area contributed by atoms with Crippen LogP contribution in [0.15, 0.2) is 24.3 Å². The van der Waals surface area contributed by atoms with Crippen LogP contribution in [-0.4, -0.2) is 12.9 Å². The number of nitrogens with two attached hydrogens (primary N) is 1. The number of anilines is 1. The fourth-order valence-corrected chi connectivity index (χ4v) is 4.21. The molecule has 0 fully saturated rings. The van der Waals surface area contributed by atoms with Crippen LogP contribution in [0.25, 0.3) is 0 Å². The Morgan fingerprint density at radius 3 is 3.00 bits per heavy atom. The first-order chi connectivity index (χ1) is 10.1. The van der Waals surface area contributed by atoms with Crippen molar-refractivity contribution >= 4 is 22.1 Å². The van der Waals surface area contributed by atoms with Crippen molar-refractivity contribution in [3.63, 3.8) is 0 Å². The summed E-state index contributed by atoms with van der Waals surface area (Å²) < 4.78 is 5.20. The lowest BCUT2D eigenvalue weighted by Gasteiger charge is -2.18. The standard InChI is InChI=1S/C17H19NO2S/c1-10-6-7-13-14(8-10)21-17(18)15(13)16(19)11-4-3-5-12(9-11)20-2/h3-5,9-10H,6-8,18H2,1-2H3. The number of benzene rings is 1. The van der Waals surface area contributed by atoms with Gasteiger partial charge in [0.25, 0.3) is 0 Å². The number of carbonyl (C=O) groups excluding carboxylic acids is 1. The van der Waals surface area contributed by atoms with Gasteiger partial charge in [-0.1, -0.05) is 19.1 Å². The minimum atomic E-state index is 0.0125. The highest BCUT2D eigenvalue weighted by molar-refractivity contribution is 7.16. The first-order valence-corrected chi connectivity index (χ1v) is 8.00. The molecule has 3 nitrogen and oxygen atoms in total. The van der Waals surface area contributed by atoms with Crippen LogP contribution in [0, 0.1) is 5.92 Å². The summed E-state index contributed by atoms with van der Waals surface area (Å²) in [4.78, 5) is 14.1. The molecule has 1 aliphatic rings. The van der Waals surface area contributed by atoms with E-state index in [-0.39, 0.29) is 5.78 Å². The minimum Gasteiger partial charge on any atom is -0.497 e. The predicted octanol–water partition coefficient (Wildman–Crippen LogP) is 3.69. The van der Waals surface area contributed by atoms with Crippen LogP contribution in [0.3, 0.4) is 0 Å². The lowest BCUT2D eigenvalue weighted by Crippen LogP contribution is -2.13. The van der Waals surface area contributed by atoms with Gasteiger partial charge in [-0.05, 0) is 42.9 Å². The molecule has 0 saturated carbocycles. The maximum Gasteiger partial charge on any atom is 0.196 e. The SMILES string of the molecule is COc1cccc(C(=O)c2c(N)sc3c2CCC(C)C3)c1. The second-order valence-electron chi connectivity index (χ2n) is 5.65. The van der Waals surface area contributed by atoms with Gasteiger partial charge in [-0.2, -0.15) is 0 Å². The van der Waals surface area contributed by atoms with E-state index < -0.39 is 0 Å². The number of carbonyl (C=O) groups is 1. The number of hydrogen-bond acceptors (Lipinski definition) is 4. The van der Waals surface area contributed by atoms with Gasteiger partial charge in [-0.25, -0.2) is 0 Å². The third-order valence-electron chi connectivity index (χ3n) is 4.10. The zero-order chi connectivity index (χ0) is 15.0. The molecule has 4 heteroatoms. The highest BCUT2D eigenvalue weighted by atomic mass is 32.1. The van der Waals surface area contributed by atoms with Crippen molar-refractivity contribution in [2.45, 2.75) is 26.2 Å². The van der Waals surface area contributed by atoms with E-state index in [9.17, 15) is 4.79 Å². The van der Waals surface area contributed by atoms with Gasteiger partial charge in [0.2, 0.25) is 0 Å². The van der Waals surface area contributed by atoms with Gasteiger partial charge in [-0.3, -0.25) is 4.79 Å². The number of rotatable bonds is 3. The molecule has 1 heterocycles. The Labute approximate surface area is 128 Å². The molecule has 0 amide bonds. The minimum absolute atomic E-state index is 0.0125. The summed E-state index contributed by atoms with van der Waals surface area (Å²) in [6.45, 7) is 2.25. The Morgan fingerprint density at radius 2 is 2.24 bits per heavy atom. The molecule has 1 unspecified atom stereocenters. The first-order valence-electron chi connectivity index (χ1n) is 7.19. The van der Waals surface area contributed by atoms with Crippen LogP contribution in [0.1, 0.15) is 39.7 Å². The molecule has 0 radical (unpaired) electrons. The lowest BCUT2D eigenvalue weighted by atomic mass is 9.86. The maximum atomic E-state index is 12.8. The van der Waals surface area contributed by atoms with E-state index in [1.807, 2.05) is 18.2 Å². The number of thiophene rings is 1. The molecule has 3 rings (SSSR count).